The molecular weight excluding hydrogens is 246 g/mol. The van der Waals surface area contributed by atoms with Gasteiger partial charge in [-0.1, -0.05) is 32.8 Å². The minimum Gasteiger partial charge on any atom is -0.357 e. The molecule has 2 rings (SSSR count). The zero-order valence-corrected chi connectivity index (χ0v) is 13.0. The first-order chi connectivity index (χ1) is 9.83. The van der Waals surface area contributed by atoms with Gasteiger partial charge in [-0.2, -0.15) is 0 Å². The van der Waals surface area contributed by atoms with Crippen molar-refractivity contribution < 1.29 is 0 Å². The van der Waals surface area contributed by atoms with E-state index in [1.54, 1.807) is 0 Å². The number of pyridine rings is 1. The van der Waals surface area contributed by atoms with E-state index in [9.17, 15) is 0 Å². The Morgan fingerprint density at radius 2 is 1.90 bits per heavy atom. The van der Waals surface area contributed by atoms with E-state index >= 15 is 0 Å². The Balaban J connectivity index is 1.79. The maximum atomic E-state index is 4.45. The van der Waals surface area contributed by atoms with Crippen LogP contribution in [0, 0.1) is 0 Å². The number of anilines is 1. The van der Waals surface area contributed by atoms with E-state index in [2.05, 4.69) is 41.2 Å². The molecule has 0 aliphatic carbocycles. The van der Waals surface area contributed by atoms with Crippen molar-refractivity contribution in [2.24, 2.45) is 0 Å². The van der Waals surface area contributed by atoms with E-state index in [1.807, 2.05) is 12.3 Å². The predicted molar refractivity (Wildman–Crippen MR) is 86.2 cm³/mol. The van der Waals surface area contributed by atoms with Crippen molar-refractivity contribution in [2.75, 3.05) is 18.0 Å². The SMILES string of the molecule is CCCC(CCC)NC1CCN(c2ccccn2)CC1. The summed E-state index contributed by atoms with van der Waals surface area (Å²) in [5, 5.41) is 3.88. The summed E-state index contributed by atoms with van der Waals surface area (Å²) >= 11 is 0. The van der Waals surface area contributed by atoms with E-state index < -0.39 is 0 Å². The third-order valence-corrected chi connectivity index (χ3v) is 4.21. The van der Waals surface area contributed by atoms with Gasteiger partial charge in [0.1, 0.15) is 5.82 Å². The zero-order chi connectivity index (χ0) is 14.2. The number of nitrogens with zero attached hydrogens (tertiary/aromatic N) is 2. The summed E-state index contributed by atoms with van der Waals surface area (Å²) in [6, 6.07) is 7.59. The minimum absolute atomic E-state index is 0.693. The first-order valence-corrected chi connectivity index (χ1v) is 8.25. The molecule has 0 bridgehead atoms. The van der Waals surface area contributed by atoms with Gasteiger partial charge in [0.25, 0.3) is 0 Å². The van der Waals surface area contributed by atoms with Crippen LogP contribution in [-0.2, 0) is 0 Å². The predicted octanol–water partition coefficient (Wildman–Crippen LogP) is 3.61. The second-order valence-corrected chi connectivity index (χ2v) is 5.89. The van der Waals surface area contributed by atoms with E-state index in [1.165, 1.54) is 38.5 Å². The average Bonchev–Trinajstić information content (AvgIpc) is 2.49. The molecule has 112 valence electrons. The Morgan fingerprint density at radius 3 is 2.45 bits per heavy atom. The van der Waals surface area contributed by atoms with Gasteiger partial charge in [-0.15, -0.1) is 0 Å². The number of rotatable bonds is 7. The van der Waals surface area contributed by atoms with Crippen molar-refractivity contribution in [1.82, 2.24) is 10.3 Å². The lowest BCUT2D eigenvalue weighted by molar-refractivity contribution is 0.339. The van der Waals surface area contributed by atoms with Gasteiger partial charge in [0.2, 0.25) is 0 Å². The highest BCUT2D eigenvalue weighted by Gasteiger charge is 2.21. The fourth-order valence-corrected chi connectivity index (χ4v) is 3.16. The van der Waals surface area contributed by atoms with Crippen LogP contribution in [0.4, 0.5) is 5.82 Å². The molecular formula is C17H29N3. The highest BCUT2D eigenvalue weighted by atomic mass is 15.2. The minimum atomic E-state index is 0.693. The molecule has 1 aromatic heterocycles. The Morgan fingerprint density at radius 1 is 1.20 bits per heavy atom. The van der Waals surface area contributed by atoms with Crippen LogP contribution < -0.4 is 10.2 Å². The largest absolute Gasteiger partial charge is 0.357 e. The molecule has 0 unspecified atom stereocenters. The number of aromatic nitrogens is 1. The molecule has 1 N–H and O–H groups in total. The number of piperidine rings is 1. The van der Waals surface area contributed by atoms with Crippen LogP contribution in [0.3, 0.4) is 0 Å². The standard InChI is InChI=1S/C17H29N3/c1-3-7-15(8-4-2)19-16-10-13-20(14-11-16)17-9-5-6-12-18-17/h5-6,9,12,15-16,19H,3-4,7-8,10-11,13-14H2,1-2H3. The van der Waals surface area contributed by atoms with E-state index in [0.717, 1.165) is 24.9 Å². The maximum Gasteiger partial charge on any atom is 0.128 e. The third kappa shape index (κ3) is 4.48. The molecule has 3 nitrogen and oxygen atoms in total. The van der Waals surface area contributed by atoms with Crippen molar-refractivity contribution in [2.45, 2.75) is 64.5 Å². The quantitative estimate of drug-likeness (QED) is 0.824. The molecule has 2 heterocycles. The Hall–Kier alpha value is -1.09. The summed E-state index contributed by atoms with van der Waals surface area (Å²) in [7, 11) is 0. The average molecular weight is 275 g/mol. The van der Waals surface area contributed by atoms with Gasteiger partial charge >= 0.3 is 0 Å². The van der Waals surface area contributed by atoms with Crippen molar-refractivity contribution in [3.63, 3.8) is 0 Å². The molecule has 0 atom stereocenters. The van der Waals surface area contributed by atoms with Gasteiger partial charge in [-0.25, -0.2) is 4.98 Å². The van der Waals surface area contributed by atoms with Gasteiger partial charge < -0.3 is 10.2 Å². The first-order valence-electron chi connectivity index (χ1n) is 8.25. The van der Waals surface area contributed by atoms with Gasteiger partial charge in [0.15, 0.2) is 0 Å². The summed E-state index contributed by atoms with van der Waals surface area (Å²) < 4.78 is 0. The summed E-state index contributed by atoms with van der Waals surface area (Å²) in [5.41, 5.74) is 0. The van der Waals surface area contributed by atoms with E-state index in [0.29, 0.717) is 6.04 Å². The van der Waals surface area contributed by atoms with Crippen LogP contribution in [0.1, 0.15) is 52.4 Å². The Labute approximate surface area is 123 Å². The lowest BCUT2D eigenvalue weighted by Gasteiger charge is -2.35. The first kappa shape index (κ1) is 15.3. The maximum absolute atomic E-state index is 4.45. The molecule has 20 heavy (non-hydrogen) atoms. The summed E-state index contributed by atoms with van der Waals surface area (Å²) in [6.07, 6.45) is 9.55. The lowest BCUT2D eigenvalue weighted by Crippen LogP contribution is -2.46. The van der Waals surface area contributed by atoms with Crippen LogP contribution in [0.2, 0.25) is 0 Å². The van der Waals surface area contributed by atoms with Crippen molar-refractivity contribution in [1.29, 1.82) is 0 Å². The monoisotopic (exact) mass is 275 g/mol. The highest BCUT2D eigenvalue weighted by Crippen LogP contribution is 2.18. The topological polar surface area (TPSA) is 28.2 Å². The van der Waals surface area contributed by atoms with Crippen LogP contribution in [0.15, 0.2) is 24.4 Å². The lowest BCUT2D eigenvalue weighted by atomic mass is 10.0. The number of hydrogen-bond donors (Lipinski definition) is 1. The second kappa shape index (κ2) is 8.25. The van der Waals surface area contributed by atoms with Crippen molar-refractivity contribution in [3.8, 4) is 0 Å². The molecule has 0 saturated carbocycles. The van der Waals surface area contributed by atoms with Crippen LogP contribution in [-0.4, -0.2) is 30.2 Å². The fourth-order valence-electron chi connectivity index (χ4n) is 3.16. The summed E-state index contributed by atoms with van der Waals surface area (Å²) in [5.74, 6) is 1.13. The Kier molecular flexibility index (Phi) is 6.31. The van der Waals surface area contributed by atoms with Crippen molar-refractivity contribution >= 4 is 5.82 Å². The molecule has 1 fully saturated rings. The van der Waals surface area contributed by atoms with E-state index in [-0.39, 0.29) is 0 Å². The van der Waals surface area contributed by atoms with Gasteiger partial charge in [0.05, 0.1) is 0 Å². The molecule has 0 spiro atoms. The smallest absolute Gasteiger partial charge is 0.128 e. The molecule has 1 aliphatic rings. The fraction of sp³-hybridized carbons (Fsp3) is 0.706. The van der Waals surface area contributed by atoms with Crippen LogP contribution >= 0.6 is 0 Å². The molecule has 0 radical (unpaired) electrons. The van der Waals surface area contributed by atoms with Crippen LogP contribution in [0.25, 0.3) is 0 Å². The zero-order valence-electron chi connectivity index (χ0n) is 13.0. The Bertz CT molecular complexity index is 352. The molecule has 1 aliphatic heterocycles. The third-order valence-electron chi connectivity index (χ3n) is 4.21. The van der Waals surface area contributed by atoms with Crippen LogP contribution in [0.5, 0.6) is 0 Å². The normalized spacial score (nSPS) is 16.9. The van der Waals surface area contributed by atoms with Gasteiger partial charge in [-0.3, -0.25) is 0 Å². The van der Waals surface area contributed by atoms with E-state index in [4.69, 9.17) is 0 Å². The molecule has 1 saturated heterocycles. The number of hydrogen-bond acceptors (Lipinski definition) is 3. The summed E-state index contributed by atoms with van der Waals surface area (Å²) in [4.78, 5) is 6.86. The highest BCUT2D eigenvalue weighted by molar-refractivity contribution is 5.38. The molecule has 1 aromatic rings. The van der Waals surface area contributed by atoms with Gasteiger partial charge in [0, 0.05) is 31.4 Å². The molecule has 0 aromatic carbocycles. The van der Waals surface area contributed by atoms with Crippen molar-refractivity contribution in [3.05, 3.63) is 24.4 Å². The van der Waals surface area contributed by atoms with Gasteiger partial charge in [-0.05, 0) is 37.8 Å². The molecule has 0 amide bonds. The molecule has 3 heteroatoms. The number of nitrogens with one attached hydrogen (secondary N) is 1. The summed E-state index contributed by atoms with van der Waals surface area (Å²) in [6.45, 7) is 6.82. The second-order valence-electron chi connectivity index (χ2n) is 5.89.